The van der Waals surface area contributed by atoms with Crippen LogP contribution in [0.1, 0.15) is 19.8 Å². The average Bonchev–Trinajstić information content (AvgIpc) is 2.81. The summed E-state index contributed by atoms with van der Waals surface area (Å²) in [6.07, 6.45) is 2.20. The maximum atomic E-state index is 11.7. The molecule has 1 aromatic carbocycles. The molecule has 1 amide bonds. The summed E-state index contributed by atoms with van der Waals surface area (Å²) in [5.74, 6) is 1.63. The van der Waals surface area contributed by atoms with E-state index in [0.717, 1.165) is 42.5 Å². The van der Waals surface area contributed by atoms with Gasteiger partial charge >= 0.3 is 16.4 Å². The number of piperidine rings is 1. The summed E-state index contributed by atoms with van der Waals surface area (Å²) >= 11 is 0. The molecule has 1 atom stereocenters. The summed E-state index contributed by atoms with van der Waals surface area (Å²) in [5.41, 5.74) is 6.66. The molecular formula is C22H32N4O7S. The van der Waals surface area contributed by atoms with Crippen LogP contribution >= 0.6 is 0 Å². The quantitative estimate of drug-likeness (QED) is 0.447. The van der Waals surface area contributed by atoms with Crippen molar-refractivity contribution in [3.63, 3.8) is 0 Å². The minimum Gasteiger partial charge on any atom is -0.493 e. The number of anilines is 1. The van der Waals surface area contributed by atoms with E-state index < -0.39 is 16.4 Å². The molecule has 1 aliphatic rings. The lowest BCUT2D eigenvalue weighted by molar-refractivity contribution is 0.144. The van der Waals surface area contributed by atoms with Gasteiger partial charge in [-0.15, -0.1) is 0 Å². The van der Waals surface area contributed by atoms with Crippen molar-refractivity contribution in [1.82, 2.24) is 9.71 Å². The molecule has 1 aromatic heterocycles. The number of amides is 1. The number of nitrogens with one attached hydrogen (secondary N) is 1. The van der Waals surface area contributed by atoms with Gasteiger partial charge in [0.15, 0.2) is 11.5 Å². The number of carbonyl (C=O) groups excluding carboxylic acids is 1. The second kappa shape index (κ2) is 11.5. The third-order valence-electron chi connectivity index (χ3n) is 6.01. The third-order valence-corrected chi connectivity index (χ3v) is 6.91. The van der Waals surface area contributed by atoms with E-state index in [9.17, 15) is 13.2 Å². The lowest BCUT2D eigenvalue weighted by atomic mass is 9.85. The van der Waals surface area contributed by atoms with Crippen LogP contribution in [0.25, 0.3) is 10.9 Å². The van der Waals surface area contributed by atoms with Crippen molar-refractivity contribution in [1.29, 1.82) is 0 Å². The zero-order valence-corrected chi connectivity index (χ0v) is 20.5. The van der Waals surface area contributed by atoms with Crippen molar-refractivity contribution in [2.75, 3.05) is 52.0 Å². The van der Waals surface area contributed by atoms with E-state index in [-0.39, 0.29) is 12.5 Å². The van der Waals surface area contributed by atoms with Gasteiger partial charge in [-0.1, -0.05) is 6.92 Å². The van der Waals surface area contributed by atoms with E-state index in [1.165, 1.54) is 0 Å². The largest absolute Gasteiger partial charge is 0.493 e. The maximum Gasteiger partial charge on any atom is 0.421 e. The van der Waals surface area contributed by atoms with E-state index in [2.05, 4.69) is 18.8 Å². The predicted octanol–water partition coefficient (Wildman–Crippen LogP) is 2.05. The van der Waals surface area contributed by atoms with Crippen LogP contribution in [0.3, 0.4) is 0 Å². The number of rotatable bonds is 11. The summed E-state index contributed by atoms with van der Waals surface area (Å²) in [5, 5.41) is 0.971. The Hall–Kier alpha value is -2.83. The van der Waals surface area contributed by atoms with Gasteiger partial charge in [0.05, 0.1) is 19.2 Å². The zero-order chi connectivity index (χ0) is 24.7. The SMILES string of the molecule is COCCOc1cc2c(N3CCC(C(C)CNS(=O)(=O)OC(N)=O)CC3)ccnc2cc1OC. The number of nitrogens with two attached hydrogens (primary N) is 1. The van der Waals surface area contributed by atoms with Crippen LogP contribution in [0, 0.1) is 11.8 Å². The standard InChI is InChI=1S/C22H32N4O7S/c1-15(14-25-34(28,29)33-22(23)27)16-5-8-26(9-6-16)19-4-7-24-18-13-20(31-3)21(12-17(18)19)32-11-10-30-2/h4,7,12-13,15-16,25H,5-6,8-11,14H2,1-3H3,(H2,23,27). The predicted molar refractivity (Wildman–Crippen MR) is 127 cm³/mol. The lowest BCUT2D eigenvalue weighted by Crippen LogP contribution is -2.39. The molecule has 1 saturated heterocycles. The molecule has 188 valence electrons. The lowest BCUT2D eigenvalue weighted by Gasteiger charge is -2.36. The van der Waals surface area contributed by atoms with Gasteiger partial charge in [-0.05, 0) is 36.8 Å². The Morgan fingerprint density at radius 3 is 2.62 bits per heavy atom. The Morgan fingerprint density at radius 2 is 1.97 bits per heavy atom. The van der Waals surface area contributed by atoms with E-state index in [1.54, 1.807) is 20.4 Å². The van der Waals surface area contributed by atoms with Crippen molar-refractivity contribution >= 4 is 33.0 Å². The molecule has 0 bridgehead atoms. The number of methoxy groups -OCH3 is 2. The van der Waals surface area contributed by atoms with Crippen LogP contribution in [0.4, 0.5) is 10.5 Å². The van der Waals surface area contributed by atoms with Crippen LogP contribution in [-0.4, -0.2) is 66.6 Å². The van der Waals surface area contributed by atoms with Crippen molar-refractivity contribution in [3.05, 3.63) is 24.4 Å². The smallest absolute Gasteiger partial charge is 0.421 e. The molecule has 11 nitrogen and oxygen atoms in total. The van der Waals surface area contributed by atoms with Crippen molar-refractivity contribution in [2.24, 2.45) is 17.6 Å². The Bertz CT molecular complexity index is 1090. The average molecular weight is 497 g/mol. The minimum atomic E-state index is -4.18. The molecule has 1 unspecified atom stereocenters. The monoisotopic (exact) mass is 496 g/mol. The van der Waals surface area contributed by atoms with Gasteiger partial charge in [-0.3, -0.25) is 4.98 Å². The molecule has 0 aliphatic carbocycles. The summed E-state index contributed by atoms with van der Waals surface area (Å²) in [4.78, 5) is 17.5. The molecule has 1 aliphatic heterocycles. The van der Waals surface area contributed by atoms with Gasteiger partial charge in [0.25, 0.3) is 0 Å². The molecule has 12 heteroatoms. The van der Waals surface area contributed by atoms with Crippen molar-refractivity contribution in [2.45, 2.75) is 19.8 Å². The fourth-order valence-corrected chi connectivity index (χ4v) is 4.91. The molecule has 1 fully saturated rings. The van der Waals surface area contributed by atoms with Gasteiger partial charge < -0.3 is 29.0 Å². The zero-order valence-electron chi connectivity index (χ0n) is 19.7. The van der Waals surface area contributed by atoms with Crippen LogP contribution in [0.15, 0.2) is 24.4 Å². The molecular weight excluding hydrogens is 464 g/mol. The van der Waals surface area contributed by atoms with Crippen molar-refractivity contribution < 1.29 is 31.6 Å². The number of hydrogen-bond acceptors (Lipinski definition) is 9. The van der Waals surface area contributed by atoms with Crippen molar-refractivity contribution in [3.8, 4) is 11.5 Å². The number of hydrogen-bond donors (Lipinski definition) is 2. The topological polar surface area (TPSA) is 142 Å². The first-order valence-electron chi connectivity index (χ1n) is 11.1. The van der Waals surface area contributed by atoms with E-state index in [4.69, 9.17) is 19.9 Å². The first kappa shape index (κ1) is 25.8. The molecule has 2 aromatic rings. The Kier molecular flexibility index (Phi) is 8.75. The minimum absolute atomic E-state index is 0.0626. The van der Waals surface area contributed by atoms with Crippen LogP contribution in [-0.2, 0) is 19.2 Å². The Morgan fingerprint density at radius 1 is 1.24 bits per heavy atom. The maximum absolute atomic E-state index is 11.7. The fourth-order valence-electron chi connectivity index (χ4n) is 4.17. The van der Waals surface area contributed by atoms with Crippen LogP contribution in [0.5, 0.6) is 11.5 Å². The summed E-state index contributed by atoms with van der Waals surface area (Å²) in [6, 6.07) is 5.82. The molecule has 3 rings (SSSR count). The first-order valence-corrected chi connectivity index (χ1v) is 12.5. The number of primary amides is 1. The second-order valence-corrected chi connectivity index (χ2v) is 9.56. The molecule has 3 N–H and O–H groups in total. The fraction of sp³-hybridized carbons (Fsp3) is 0.545. The Balaban J connectivity index is 1.68. The first-order chi connectivity index (χ1) is 16.2. The highest BCUT2D eigenvalue weighted by Crippen LogP contribution is 2.37. The molecule has 0 spiro atoms. The molecule has 34 heavy (non-hydrogen) atoms. The highest BCUT2D eigenvalue weighted by molar-refractivity contribution is 7.85. The van der Waals surface area contributed by atoms with E-state index in [1.807, 2.05) is 25.1 Å². The normalized spacial score (nSPS) is 15.8. The highest BCUT2D eigenvalue weighted by Gasteiger charge is 2.27. The van der Waals surface area contributed by atoms with Crippen LogP contribution < -0.4 is 24.8 Å². The van der Waals surface area contributed by atoms with E-state index >= 15 is 0 Å². The highest BCUT2D eigenvalue weighted by atomic mass is 32.2. The van der Waals surface area contributed by atoms with Gasteiger partial charge in [0.2, 0.25) is 0 Å². The summed E-state index contributed by atoms with van der Waals surface area (Å²) in [6.45, 7) is 4.64. The number of pyridine rings is 1. The number of carbonyl (C=O) groups is 1. The Labute approximate surface area is 199 Å². The second-order valence-electron chi connectivity index (χ2n) is 8.20. The van der Waals surface area contributed by atoms with Gasteiger partial charge in [0, 0.05) is 50.1 Å². The van der Waals surface area contributed by atoms with E-state index in [0.29, 0.717) is 30.6 Å². The number of nitrogens with zero attached hydrogens (tertiary/aromatic N) is 2. The van der Waals surface area contributed by atoms with Gasteiger partial charge in [0.1, 0.15) is 6.61 Å². The number of ether oxygens (including phenoxy) is 3. The third kappa shape index (κ3) is 6.61. The summed E-state index contributed by atoms with van der Waals surface area (Å²) < 4.78 is 46.1. The number of benzene rings is 1. The van der Waals surface area contributed by atoms with Gasteiger partial charge in [-0.2, -0.15) is 13.1 Å². The molecule has 0 saturated carbocycles. The molecule has 2 heterocycles. The summed E-state index contributed by atoms with van der Waals surface area (Å²) in [7, 11) is -0.963. The molecule has 0 radical (unpaired) electrons. The number of aromatic nitrogens is 1. The van der Waals surface area contributed by atoms with Crippen LogP contribution in [0.2, 0.25) is 0 Å². The number of fused-ring (bicyclic) bond motifs is 1. The van der Waals surface area contributed by atoms with Gasteiger partial charge in [-0.25, -0.2) is 4.79 Å².